The monoisotopic (exact) mass is 994 g/mol. The largest absolute Gasteiger partial charge is 0.436 e. The van der Waals surface area contributed by atoms with E-state index < -0.39 is 0 Å². The second-order valence-corrected chi connectivity index (χ2v) is 19.9. The first-order chi connectivity index (χ1) is 38.7. The molecule has 0 saturated carbocycles. The molecule has 0 N–H and O–H groups in total. The van der Waals surface area contributed by atoms with Crippen LogP contribution in [0.4, 0.5) is 0 Å². The van der Waals surface area contributed by atoms with Crippen molar-refractivity contribution in [2.75, 3.05) is 0 Å². The molecule has 0 aliphatic heterocycles. The van der Waals surface area contributed by atoms with Gasteiger partial charge in [-0.15, -0.1) is 0 Å². The summed E-state index contributed by atoms with van der Waals surface area (Å²) in [6, 6.07) is 98.7. The Balaban J connectivity index is 0.000000136. The lowest BCUT2D eigenvalue weighted by Gasteiger charge is -2.18. The van der Waals surface area contributed by atoms with E-state index in [-0.39, 0.29) is 0 Å². The van der Waals surface area contributed by atoms with Crippen LogP contribution in [-0.4, -0.2) is 9.97 Å². The quantitative estimate of drug-likeness (QED) is 0.156. The number of fused-ring (bicyclic) bond motifs is 8. The summed E-state index contributed by atoms with van der Waals surface area (Å²) in [5.41, 5.74) is 15.2. The first kappa shape index (κ1) is 45.0. The summed E-state index contributed by atoms with van der Waals surface area (Å²) < 4.78 is 12.1. The van der Waals surface area contributed by atoms with E-state index in [1.807, 2.05) is 48.5 Å². The van der Waals surface area contributed by atoms with Crippen molar-refractivity contribution in [3.63, 3.8) is 0 Å². The van der Waals surface area contributed by atoms with E-state index in [0.29, 0.717) is 11.8 Å². The van der Waals surface area contributed by atoms with Crippen molar-refractivity contribution >= 4 is 86.8 Å². The maximum atomic E-state index is 6.03. The molecule has 0 unspecified atom stereocenters. The lowest BCUT2D eigenvalue weighted by atomic mass is 9.84. The number of para-hydroxylation sites is 4. The number of aromatic nitrogens is 2. The van der Waals surface area contributed by atoms with Gasteiger partial charge in [0.25, 0.3) is 0 Å². The van der Waals surface area contributed by atoms with Crippen LogP contribution >= 0.6 is 0 Å². The van der Waals surface area contributed by atoms with E-state index in [4.69, 9.17) is 8.83 Å². The first-order valence-electron chi connectivity index (χ1n) is 26.5. The molecule has 0 spiro atoms. The summed E-state index contributed by atoms with van der Waals surface area (Å²) >= 11 is 0. The van der Waals surface area contributed by atoms with Crippen molar-refractivity contribution in [3.05, 3.63) is 279 Å². The zero-order valence-corrected chi connectivity index (χ0v) is 42.3. The second-order valence-electron chi connectivity index (χ2n) is 19.9. The minimum atomic E-state index is 0.642. The Labute approximate surface area is 449 Å². The molecule has 16 rings (SSSR count). The predicted molar refractivity (Wildman–Crippen MR) is 326 cm³/mol. The Kier molecular flexibility index (Phi) is 10.8. The Morgan fingerprint density at radius 2 is 0.551 bits per heavy atom. The number of hydrogen-bond acceptors (Lipinski definition) is 4. The van der Waals surface area contributed by atoms with Gasteiger partial charge in [0, 0.05) is 11.1 Å². The molecule has 14 aromatic carbocycles. The molecule has 0 amide bonds. The number of hydrogen-bond donors (Lipinski definition) is 0. The Morgan fingerprint density at radius 1 is 0.218 bits per heavy atom. The summed E-state index contributed by atoms with van der Waals surface area (Å²) in [7, 11) is 0. The molecule has 16 aromatic rings. The zero-order valence-electron chi connectivity index (χ0n) is 42.3. The fourth-order valence-corrected chi connectivity index (χ4v) is 11.8. The van der Waals surface area contributed by atoms with Gasteiger partial charge in [0.05, 0.1) is 0 Å². The third-order valence-electron chi connectivity index (χ3n) is 15.4. The lowest BCUT2D eigenvalue weighted by molar-refractivity contribution is 0.619. The number of oxazole rings is 2. The van der Waals surface area contributed by atoms with Crippen LogP contribution in [0, 0.1) is 0 Å². The van der Waals surface area contributed by atoms with Gasteiger partial charge >= 0.3 is 0 Å². The molecule has 0 bridgehead atoms. The Hall–Kier alpha value is -10.4. The third kappa shape index (κ3) is 7.69. The van der Waals surface area contributed by atoms with Gasteiger partial charge in [-0.2, -0.15) is 0 Å². The topological polar surface area (TPSA) is 52.1 Å². The maximum absolute atomic E-state index is 6.03. The molecule has 2 aromatic heterocycles. The van der Waals surface area contributed by atoms with Crippen LogP contribution in [0.2, 0.25) is 0 Å². The van der Waals surface area contributed by atoms with Crippen molar-refractivity contribution in [3.8, 4) is 67.4 Å². The molecule has 0 radical (unpaired) electrons. The van der Waals surface area contributed by atoms with Crippen molar-refractivity contribution in [2.45, 2.75) is 0 Å². The minimum absolute atomic E-state index is 0.642. The van der Waals surface area contributed by atoms with E-state index in [1.54, 1.807) is 0 Å². The molecular formula is C74H46N2O2. The Bertz CT molecular complexity index is 4780. The lowest BCUT2D eigenvalue weighted by Crippen LogP contribution is -1.91. The van der Waals surface area contributed by atoms with Crippen LogP contribution in [0.25, 0.3) is 154 Å². The average molecular weight is 995 g/mol. The van der Waals surface area contributed by atoms with E-state index in [0.717, 1.165) is 33.3 Å². The maximum Gasteiger partial charge on any atom is 0.227 e. The van der Waals surface area contributed by atoms with Gasteiger partial charge in [0.15, 0.2) is 11.2 Å². The summed E-state index contributed by atoms with van der Waals surface area (Å²) in [5.74, 6) is 1.29. The molecule has 364 valence electrons. The van der Waals surface area contributed by atoms with E-state index in [2.05, 4.69) is 240 Å². The van der Waals surface area contributed by atoms with Gasteiger partial charge in [-0.25, -0.2) is 9.97 Å². The summed E-state index contributed by atoms with van der Waals surface area (Å²) in [4.78, 5) is 9.37. The zero-order chi connectivity index (χ0) is 51.5. The molecule has 0 aliphatic carbocycles. The molecule has 78 heavy (non-hydrogen) atoms. The smallest absolute Gasteiger partial charge is 0.227 e. The normalized spacial score (nSPS) is 11.6. The van der Waals surface area contributed by atoms with Crippen LogP contribution < -0.4 is 0 Å². The molecule has 0 aliphatic rings. The van der Waals surface area contributed by atoms with Crippen LogP contribution in [-0.2, 0) is 0 Å². The number of nitrogens with zero attached hydrogens (tertiary/aromatic N) is 2. The molecule has 2 heterocycles. The molecule has 0 fully saturated rings. The average Bonchev–Trinajstić information content (AvgIpc) is 4.29. The highest BCUT2D eigenvalue weighted by Crippen LogP contribution is 2.47. The van der Waals surface area contributed by atoms with Gasteiger partial charge in [-0.1, -0.05) is 224 Å². The standard InChI is InChI=1S/2C37H23NO/c1-2-12-27-24(10-1)11-9-17-28(27)36-31-15-5-3-13-29(31)35(30-14-4-6-16-32(30)36)25-20-22-26(23-21-25)37-38-33-18-7-8-19-34(33)39-37;1-2-10-27-23-28(22-17-24(27)9-1)36-31-13-5-3-11-29(31)35(30-12-4-6-14-32(30)36)25-18-20-26(21-19-25)37-38-33-15-7-8-16-34(33)39-37/h2*1-23H. The third-order valence-corrected chi connectivity index (χ3v) is 15.4. The SMILES string of the molecule is c1ccc2c(-c3c4ccccc4c(-c4ccc(-c5nc6ccccc6o5)cc4)c4ccccc34)cccc2c1.c1ccc2cc(-c3c4ccccc4c(-c4ccc(-c5nc6ccccc6o5)cc4)c4ccccc34)ccc2c1. The van der Waals surface area contributed by atoms with Crippen molar-refractivity contribution in [1.82, 2.24) is 9.97 Å². The van der Waals surface area contributed by atoms with Crippen LogP contribution in [0.3, 0.4) is 0 Å². The van der Waals surface area contributed by atoms with Gasteiger partial charge < -0.3 is 8.83 Å². The summed E-state index contributed by atoms with van der Waals surface area (Å²) in [6.07, 6.45) is 0. The van der Waals surface area contributed by atoms with Gasteiger partial charge in [0.2, 0.25) is 11.8 Å². The predicted octanol–water partition coefficient (Wildman–Crippen LogP) is 20.6. The van der Waals surface area contributed by atoms with Crippen molar-refractivity contribution < 1.29 is 8.83 Å². The molecule has 4 nitrogen and oxygen atoms in total. The van der Waals surface area contributed by atoms with Crippen LogP contribution in [0.5, 0.6) is 0 Å². The van der Waals surface area contributed by atoms with E-state index >= 15 is 0 Å². The number of benzene rings is 14. The molecular weight excluding hydrogens is 949 g/mol. The van der Waals surface area contributed by atoms with Gasteiger partial charge in [0.1, 0.15) is 11.0 Å². The number of rotatable bonds is 6. The summed E-state index contributed by atoms with van der Waals surface area (Å²) in [6.45, 7) is 0. The fraction of sp³-hybridized carbons (Fsp3) is 0. The highest BCUT2D eigenvalue weighted by molar-refractivity contribution is 6.24. The fourth-order valence-electron chi connectivity index (χ4n) is 11.8. The van der Waals surface area contributed by atoms with Crippen molar-refractivity contribution in [1.29, 1.82) is 0 Å². The minimum Gasteiger partial charge on any atom is -0.436 e. The van der Waals surface area contributed by atoms with Crippen molar-refractivity contribution in [2.24, 2.45) is 0 Å². The molecule has 0 atom stereocenters. The Morgan fingerprint density at radius 3 is 1.01 bits per heavy atom. The molecule has 0 saturated heterocycles. The van der Waals surface area contributed by atoms with Gasteiger partial charge in [-0.05, 0) is 164 Å². The van der Waals surface area contributed by atoms with E-state index in [9.17, 15) is 0 Å². The first-order valence-corrected chi connectivity index (χ1v) is 26.5. The molecule has 4 heteroatoms. The van der Waals surface area contributed by atoms with Crippen LogP contribution in [0.1, 0.15) is 0 Å². The second kappa shape index (κ2) is 18.7. The van der Waals surface area contributed by atoms with Gasteiger partial charge in [-0.3, -0.25) is 0 Å². The highest BCUT2D eigenvalue weighted by Gasteiger charge is 2.20. The van der Waals surface area contributed by atoms with Crippen LogP contribution in [0.15, 0.2) is 288 Å². The summed E-state index contributed by atoms with van der Waals surface area (Å²) in [5, 5.41) is 15.0. The van der Waals surface area contributed by atoms with E-state index in [1.165, 1.54) is 109 Å². The highest BCUT2D eigenvalue weighted by atomic mass is 16.4.